The Hall–Kier alpha value is 0.920. The first-order chi connectivity index (χ1) is 5.62. The van der Waals surface area contributed by atoms with Crippen molar-refractivity contribution in [2.75, 3.05) is 13.7 Å². The molecule has 5 heteroatoms. The second-order valence-electron chi connectivity index (χ2n) is 2.55. The van der Waals surface area contributed by atoms with Crippen LogP contribution >= 0.6 is 17.9 Å². The lowest BCUT2D eigenvalue weighted by Gasteiger charge is -2.13. The Labute approximate surface area is 85.4 Å². The van der Waals surface area contributed by atoms with Gasteiger partial charge in [0.1, 0.15) is 0 Å². The van der Waals surface area contributed by atoms with Gasteiger partial charge in [-0.25, -0.2) is 0 Å². The average molecular weight is 228 g/mol. The molecule has 12 heavy (non-hydrogen) atoms. The second-order valence-corrected chi connectivity index (χ2v) is 7.94. The highest BCUT2D eigenvalue weighted by Crippen LogP contribution is 2.52. The fourth-order valence-electron chi connectivity index (χ4n) is 0.761. The number of unbranched alkanes of at least 4 members (excludes halogenated alkanes) is 3. The van der Waals surface area contributed by atoms with Gasteiger partial charge in [0, 0.05) is 7.11 Å². The van der Waals surface area contributed by atoms with E-state index < -0.39 is 5.69 Å². The predicted octanol–water partition coefficient (Wildman–Crippen LogP) is 3.38. The monoisotopic (exact) mass is 228 g/mol. The Morgan fingerprint density at radius 3 is 2.50 bits per heavy atom. The molecule has 0 aliphatic carbocycles. The second kappa shape index (κ2) is 7.34. The molecule has 0 aromatic heterocycles. The summed E-state index contributed by atoms with van der Waals surface area (Å²) in [4.78, 5) is 0. The van der Waals surface area contributed by atoms with Crippen molar-refractivity contribution in [2.24, 2.45) is 0 Å². The maximum Gasteiger partial charge on any atom is 0.244 e. The molecule has 0 bridgehead atoms. The van der Waals surface area contributed by atoms with Crippen molar-refractivity contribution in [3.8, 4) is 0 Å². The van der Waals surface area contributed by atoms with Gasteiger partial charge in [-0.05, 0) is 18.2 Å². The molecule has 0 spiro atoms. The normalized spacial score (nSPS) is 15.9. The van der Waals surface area contributed by atoms with Crippen LogP contribution in [-0.2, 0) is 20.9 Å². The van der Waals surface area contributed by atoms with Crippen LogP contribution in [0.15, 0.2) is 0 Å². The van der Waals surface area contributed by atoms with E-state index >= 15 is 0 Å². The molecule has 0 saturated heterocycles. The molecule has 0 aliphatic heterocycles. The van der Waals surface area contributed by atoms with Crippen LogP contribution in [-0.4, -0.2) is 13.7 Å². The van der Waals surface area contributed by atoms with Gasteiger partial charge in [0.05, 0.1) is 6.61 Å². The number of hydrogen-bond donors (Lipinski definition) is 1. The summed E-state index contributed by atoms with van der Waals surface area (Å²) in [6.07, 6.45) is 4.74. The largest absolute Gasteiger partial charge is 0.325 e. The molecular weight excluding hydrogens is 211 g/mol. The summed E-state index contributed by atoms with van der Waals surface area (Å²) in [5.74, 6) is 0. The summed E-state index contributed by atoms with van der Waals surface area (Å²) >= 11 is 9.05. The van der Waals surface area contributed by atoms with Crippen LogP contribution in [0.5, 0.6) is 0 Å². The van der Waals surface area contributed by atoms with Crippen molar-refractivity contribution in [2.45, 2.75) is 32.6 Å². The Morgan fingerprint density at radius 1 is 1.33 bits per heavy atom. The summed E-state index contributed by atoms with van der Waals surface area (Å²) in [5, 5.41) is 0. The molecule has 1 unspecified atom stereocenters. The average Bonchev–Trinajstić information content (AvgIpc) is 2.04. The van der Waals surface area contributed by atoms with E-state index in [0.717, 1.165) is 6.42 Å². The molecule has 1 atom stereocenters. The molecule has 0 N–H and O–H groups in total. The predicted molar refractivity (Wildman–Crippen MR) is 60.4 cm³/mol. The van der Waals surface area contributed by atoms with Crippen LogP contribution in [0.3, 0.4) is 0 Å². The minimum Gasteiger partial charge on any atom is -0.325 e. The zero-order valence-corrected chi connectivity index (χ0v) is 10.3. The van der Waals surface area contributed by atoms with Crippen molar-refractivity contribution in [3.05, 3.63) is 0 Å². The first-order valence-corrected chi connectivity index (χ1v) is 7.94. The molecular formula is C7H17O2PS2. The third-order valence-electron chi connectivity index (χ3n) is 1.48. The van der Waals surface area contributed by atoms with Gasteiger partial charge in [0.2, 0.25) is 5.69 Å². The molecule has 0 fully saturated rings. The van der Waals surface area contributed by atoms with Gasteiger partial charge in [-0.15, -0.1) is 0 Å². The lowest BCUT2D eigenvalue weighted by atomic mass is 10.2. The van der Waals surface area contributed by atoms with Gasteiger partial charge in [0.25, 0.3) is 0 Å². The maximum atomic E-state index is 5.29. The van der Waals surface area contributed by atoms with Crippen molar-refractivity contribution in [1.29, 1.82) is 0 Å². The zero-order valence-electron chi connectivity index (χ0n) is 7.65. The van der Waals surface area contributed by atoms with Gasteiger partial charge in [-0.1, -0.05) is 38.4 Å². The standard InChI is InChI=1S/C7H17O2PS2/c1-3-4-5-6-7-9-10(11,12)8-2/h3-7H2,1-2H3,(H,11,12). The molecule has 0 heterocycles. The van der Waals surface area contributed by atoms with Crippen LogP contribution in [0.1, 0.15) is 32.6 Å². The molecule has 0 rings (SSSR count). The Kier molecular flexibility index (Phi) is 7.90. The highest BCUT2D eigenvalue weighted by molar-refractivity contribution is 8.60. The third kappa shape index (κ3) is 7.56. The number of hydrogen-bond acceptors (Lipinski definition) is 3. The van der Waals surface area contributed by atoms with Gasteiger partial charge in [-0.2, -0.15) is 0 Å². The fourth-order valence-corrected chi connectivity index (χ4v) is 1.70. The van der Waals surface area contributed by atoms with Crippen molar-refractivity contribution in [1.82, 2.24) is 0 Å². The minimum absolute atomic E-state index is 0.675. The first kappa shape index (κ1) is 12.9. The van der Waals surface area contributed by atoms with E-state index in [1.54, 1.807) is 7.11 Å². The Morgan fingerprint density at radius 2 is 2.00 bits per heavy atom. The molecule has 2 nitrogen and oxygen atoms in total. The summed E-state index contributed by atoms with van der Waals surface area (Å²) in [6.45, 7) is 2.85. The summed E-state index contributed by atoms with van der Waals surface area (Å²) < 4.78 is 10.2. The van der Waals surface area contributed by atoms with Gasteiger partial charge >= 0.3 is 0 Å². The van der Waals surface area contributed by atoms with E-state index in [4.69, 9.17) is 20.9 Å². The Balaban J connectivity index is 3.25. The van der Waals surface area contributed by atoms with Crippen molar-refractivity contribution >= 4 is 29.7 Å². The maximum absolute atomic E-state index is 5.29. The van der Waals surface area contributed by atoms with Crippen LogP contribution in [0, 0.1) is 0 Å². The molecule has 0 amide bonds. The van der Waals surface area contributed by atoms with Crippen LogP contribution < -0.4 is 0 Å². The van der Waals surface area contributed by atoms with Gasteiger partial charge in [0.15, 0.2) is 0 Å². The van der Waals surface area contributed by atoms with Gasteiger partial charge in [-0.3, -0.25) is 0 Å². The Bertz CT molecular complexity index is 152. The van der Waals surface area contributed by atoms with Gasteiger partial charge < -0.3 is 9.05 Å². The smallest absolute Gasteiger partial charge is 0.244 e. The molecule has 0 aromatic carbocycles. The topological polar surface area (TPSA) is 18.5 Å². The minimum atomic E-state index is -2.19. The van der Waals surface area contributed by atoms with E-state index in [1.165, 1.54) is 19.3 Å². The summed E-state index contributed by atoms with van der Waals surface area (Å²) in [5.41, 5.74) is -2.19. The van der Waals surface area contributed by atoms with Crippen molar-refractivity contribution < 1.29 is 9.05 Å². The number of thiol groups is 1. The van der Waals surface area contributed by atoms with E-state index in [2.05, 4.69) is 19.2 Å². The molecule has 0 saturated carbocycles. The van der Waals surface area contributed by atoms with Crippen LogP contribution in [0.25, 0.3) is 0 Å². The van der Waals surface area contributed by atoms with E-state index in [-0.39, 0.29) is 0 Å². The zero-order chi connectivity index (χ0) is 9.45. The summed E-state index contributed by atoms with van der Waals surface area (Å²) in [6, 6.07) is 0. The molecule has 0 aliphatic rings. The van der Waals surface area contributed by atoms with Crippen molar-refractivity contribution in [3.63, 3.8) is 0 Å². The van der Waals surface area contributed by atoms with E-state index in [0.29, 0.717) is 6.61 Å². The number of rotatable bonds is 7. The SMILES string of the molecule is CCCCCCOP(=S)(S)OC. The lowest BCUT2D eigenvalue weighted by Crippen LogP contribution is -1.90. The molecule has 74 valence electrons. The molecule has 0 radical (unpaired) electrons. The fraction of sp³-hybridized carbons (Fsp3) is 1.00. The van der Waals surface area contributed by atoms with E-state index in [1.807, 2.05) is 0 Å². The first-order valence-electron chi connectivity index (χ1n) is 4.15. The lowest BCUT2D eigenvalue weighted by molar-refractivity contribution is 0.286. The third-order valence-corrected chi connectivity index (χ3v) is 4.05. The van der Waals surface area contributed by atoms with E-state index in [9.17, 15) is 0 Å². The quantitative estimate of drug-likeness (QED) is 0.409. The highest BCUT2D eigenvalue weighted by Gasteiger charge is 2.08. The highest BCUT2D eigenvalue weighted by atomic mass is 32.9. The molecule has 0 aromatic rings. The summed E-state index contributed by atoms with van der Waals surface area (Å²) in [7, 11) is 1.54. The van der Waals surface area contributed by atoms with Crippen LogP contribution in [0.4, 0.5) is 0 Å². The van der Waals surface area contributed by atoms with Crippen LogP contribution in [0.2, 0.25) is 0 Å².